The third-order valence-corrected chi connectivity index (χ3v) is 7.09. The summed E-state index contributed by atoms with van der Waals surface area (Å²) in [4.78, 5) is 55.0. The highest BCUT2D eigenvalue weighted by Gasteiger charge is 2.64. The number of nitro benzene ring substituents is 1. The van der Waals surface area contributed by atoms with Crippen molar-refractivity contribution < 1.29 is 19.3 Å². The number of nitrogens with zero attached hydrogens (tertiary/aromatic N) is 3. The van der Waals surface area contributed by atoms with E-state index >= 15 is 0 Å². The molecule has 3 aromatic rings. The minimum atomic E-state index is -0.921. The molecule has 172 valence electrons. The summed E-state index contributed by atoms with van der Waals surface area (Å²) in [7, 11) is 0. The van der Waals surface area contributed by atoms with Crippen LogP contribution in [0.1, 0.15) is 27.5 Å². The second-order valence-corrected chi connectivity index (χ2v) is 8.85. The molecule has 35 heavy (non-hydrogen) atoms. The van der Waals surface area contributed by atoms with Crippen molar-refractivity contribution in [2.24, 2.45) is 11.8 Å². The molecule has 3 heterocycles. The second-order valence-electron chi connectivity index (χ2n) is 8.85. The molecule has 8 heteroatoms. The van der Waals surface area contributed by atoms with E-state index in [1.54, 1.807) is 30.5 Å². The summed E-state index contributed by atoms with van der Waals surface area (Å²) in [5, 5.41) is 11.3. The van der Waals surface area contributed by atoms with Gasteiger partial charge in [-0.25, -0.2) is 4.90 Å². The largest absolute Gasteiger partial charge is 0.358 e. The Morgan fingerprint density at radius 2 is 1.57 bits per heavy atom. The zero-order valence-electron chi connectivity index (χ0n) is 18.4. The molecule has 3 aliphatic rings. The number of hydrogen-bond acceptors (Lipinski definition) is 6. The van der Waals surface area contributed by atoms with Crippen LogP contribution < -0.4 is 4.90 Å². The predicted molar refractivity (Wildman–Crippen MR) is 127 cm³/mol. The molecule has 6 rings (SSSR count). The minimum Gasteiger partial charge on any atom is -0.358 e. The fraction of sp³-hybridized carbons (Fsp3) is 0.148. The van der Waals surface area contributed by atoms with E-state index < -0.39 is 40.7 Å². The Bertz CT molecular complexity index is 1430. The van der Waals surface area contributed by atoms with Crippen LogP contribution in [0, 0.1) is 22.0 Å². The van der Waals surface area contributed by atoms with E-state index in [0.29, 0.717) is 5.56 Å². The Morgan fingerprint density at radius 1 is 0.857 bits per heavy atom. The number of anilines is 1. The molecule has 0 aliphatic carbocycles. The van der Waals surface area contributed by atoms with Gasteiger partial charge in [0.2, 0.25) is 11.8 Å². The van der Waals surface area contributed by atoms with Crippen molar-refractivity contribution in [3.63, 3.8) is 0 Å². The molecule has 0 radical (unpaired) electrons. The standard InChI is InChI=1S/C27H19N3O5/c31-25(17-8-2-1-3-9-17)24-22-21(23-20-12-5-4-7-16(20)13-14-28(23)24)26(32)29(27(22)33)18-10-6-11-19(15-18)30(34)35/h1-15,21-24H/t21-,22-,23+,24-/m0/s1. The number of Topliss-reactive ketones (excluding diaryl/α,β-unsaturated/α-hetero) is 1. The van der Waals surface area contributed by atoms with Crippen molar-refractivity contribution in [3.8, 4) is 0 Å². The Kier molecular flexibility index (Phi) is 4.63. The lowest BCUT2D eigenvalue weighted by Gasteiger charge is -2.35. The first-order valence-corrected chi connectivity index (χ1v) is 11.2. The molecule has 2 fully saturated rings. The molecule has 8 nitrogen and oxygen atoms in total. The summed E-state index contributed by atoms with van der Waals surface area (Å²) in [6.07, 6.45) is 3.69. The van der Waals surface area contributed by atoms with E-state index in [0.717, 1.165) is 16.0 Å². The molecule has 3 aromatic carbocycles. The Balaban J connectivity index is 1.50. The quantitative estimate of drug-likeness (QED) is 0.250. The zero-order chi connectivity index (χ0) is 24.3. The molecule has 0 unspecified atom stereocenters. The Hall–Kier alpha value is -4.59. The van der Waals surface area contributed by atoms with Crippen LogP contribution in [0.4, 0.5) is 11.4 Å². The first-order valence-electron chi connectivity index (χ1n) is 11.2. The zero-order valence-corrected chi connectivity index (χ0v) is 18.4. The molecule has 3 aliphatic heterocycles. The molecular formula is C27H19N3O5. The van der Waals surface area contributed by atoms with E-state index in [1.165, 1.54) is 24.3 Å². The second kappa shape index (κ2) is 7.73. The fourth-order valence-electron chi connectivity index (χ4n) is 5.63. The number of imide groups is 1. The lowest BCUT2D eigenvalue weighted by atomic mass is 9.83. The van der Waals surface area contributed by atoms with Gasteiger partial charge < -0.3 is 4.90 Å². The fourth-order valence-corrected chi connectivity index (χ4v) is 5.63. The molecule has 2 saturated heterocycles. The third kappa shape index (κ3) is 3.03. The number of carbonyl (C=O) groups is 3. The van der Waals surface area contributed by atoms with Crippen LogP contribution in [0.3, 0.4) is 0 Å². The summed E-state index contributed by atoms with van der Waals surface area (Å²) in [5.41, 5.74) is 2.17. The van der Waals surface area contributed by atoms with Gasteiger partial charge in [0.1, 0.15) is 6.04 Å². The number of ketones is 1. The maximum Gasteiger partial charge on any atom is 0.271 e. The van der Waals surface area contributed by atoms with Gasteiger partial charge >= 0.3 is 0 Å². The SMILES string of the molecule is O=C(c1ccccc1)[C@@H]1[C@H]2C(=O)N(c3cccc([N+](=O)[O-])c3)C(=O)[C@@H]2[C@H]2c3ccccc3C=CN12. The maximum atomic E-state index is 13.8. The van der Waals surface area contributed by atoms with Crippen LogP contribution in [-0.2, 0) is 9.59 Å². The van der Waals surface area contributed by atoms with E-state index in [2.05, 4.69) is 0 Å². The summed E-state index contributed by atoms with van der Waals surface area (Å²) in [5.74, 6) is -2.94. The van der Waals surface area contributed by atoms with Crippen LogP contribution in [0.5, 0.6) is 0 Å². The summed E-state index contributed by atoms with van der Waals surface area (Å²) < 4.78 is 0. The molecule has 0 bridgehead atoms. The number of carbonyl (C=O) groups excluding carboxylic acids is 3. The number of amides is 2. The highest BCUT2D eigenvalue weighted by Crippen LogP contribution is 2.53. The number of non-ortho nitro benzene ring substituents is 1. The van der Waals surface area contributed by atoms with Gasteiger partial charge in [-0.2, -0.15) is 0 Å². The minimum absolute atomic E-state index is 0.140. The summed E-state index contributed by atoms with van der Waals surface area (Å²) in [6, 6.07) is 20.4. The first-order chi connectivity index (χ1) is 17.0. The van der Waals surface area contributed by atoms with Gasteiger partial charge in [0.25, 0.3) is 5.69 Å². The van der Waals surface area contributed by atoms with E-state index in [1.807, 2.05) is 41.3 Å². The van der Waals surface area contributed by atoms with Crippen LogP contribution in [0.2, 0.25) is 0 Å². The maximum absolute atomic E-state index is 13.8. The van der Waals surface area contributed by atoms with E-state index in [-0.39, 0.29) is 17.2 Å². The lowest BCUT2D eigenvalue weighted by Crippen LogP contribution is -2.44. The van der Waals surface area contributed by atoms with E-state index in [4.69, 9.17) is 0 Å². The molecular weight excluding hydrogens is 446 g/mol. The molecule has 0 N–H and O–H groups in total. The average molecular weight is 465 g/mol. The van der Waals surface area contributed by atoms with Crippen molar-refractivity contribution in [1.82, 2.24) is 4.90 Å². The van der Waals surface area contributed by atoms with Gasteiger partial charge in [0.15, 0.2) is 5.78 Å². The highest BCUT2D eigenvalue weighted by atomic mass is 16.6. The molecule has 0 spiro atoms. The van der Waals surface area contributed by atoms with E-state index in [9.17, 15) is 24.5 Å². The molecule has 0 aromatic heterocycles. The topological polar surface area (TPSA) is 101 Å². The van der Waals surface area contributed by atoms with Crippen molar-refractivity contribution in [1.29, 1.82) is 0 Å². The van der Waals surface area contributed by atoms with Crippen molar-refractivity contribution in [2.75, 3.05) is 4.90 Å². The number of hydrogen-bond donors (Lipinski definition) is 0. The van der Waals surface area contributed by atoms with Gasteiger partial charge in [0, 0.05) is 23.9 Å². The predicted octanol–water partition coefficient (Wildman–Crippen LogP) is 3.99. The van der Waals surface area contributed by atoms with Crippen LogP contribution >= 0.6 is 0 Å². The normalized spacial score (nSPS) is 24.2. The van der Waals surface area contributed by atoms with Crippen molar-refractivity contribution in [2.45, 2.75) is 12.1 Å². The van der Waals surface area contributed by atoms with Gasteiger partial charge in [-0.1, -0.05) is 60.7 Å². The molecule has 0 saturated carbocycles. The average Bonchev–Trinajstić information content (AvgIpc) is 3.36. The van der Waals surface area contributed by atoms with Gasteiger partial charge in [0.05, 0.1) is 28.5 Å². The van der Waals surface area contributed by atoms with Crippen LogP contribution in [0.15, 0.2) is 85.1 Å². The monoisotopic (exact) mass is 465 g/mol. The smallest absolute Gasteiger partial charge is 0.271 e. The number of fused-ring (bicyclic) bond motifs is 5. The summed E-state index contributed by atoms with van der Waals surface area (Å²) in [6.45, 7) is 0. The third-order valence-electron chi connectivity index (χ3n) is 7.09. The summed E-state index contributed by atoms with van der Waals surface area (Å²) >= 11 is 0. The van der Waals surface area contributed by atoms with Crippen molar-refractivity contribution >= 4 is 35.0 Å². The number of nitro groups is 1. The van der Waals surface area contributed by atoms with Crippen LogP contribution in [0.25, 0.3) is 6.08 Å². The number of benzene rings is 3. The Labute approximate surface area is 200 Å². The van der Waals surface area contributed by atoms with Crippen LogP contribution in [-0.4, -0.2) is 33.5 Å². The van der Waals surface area contributed by atoms with Gasteiger partial charge in [-0.05, 0) is 23.3 Å². The Morgan fingerprint density at radius 3 is 2.34 bits per heavy atom. The van der Waals surface area contributed by atoms with Gasteiger partial charge in [-0.3, -0.25) is 24.5 Å². The highest BCUT2D eigenvalue weighted by molar-refractivity contribution is 6.24. The molecule has 4 atom stereocenters. The molecule has 2 amide bonds. The van der Waals surface area contributed by atoms with Crippen molar-refractivity contribution in [3.05, 3.63) is 112 Å². The first kappa shape index (κ1) is 21.0. The van der Waals surface area contributed by atoms with Gasteiger partial charge in [-0.15, -0.1) is 0 Å². The number of rotatable bonds is 4. The lowest BCUT2D eigenvalue weighted by molar-refractivity contribution is -0.384.